The number of benzene rings is 2. The number of carbonyl (C=O) groups is 3. The molecule has 0 radical (unpaired) electrons. The number of carbonyl (C=O) groups excluding carboxylic acids is 2. The molecule has 1 atom stereocenters. The predicted octanol–water partition coefficient (Wildman–Crippen LogP) is 4.15. The van der Waals surface area contributed by atoms with Gasteiger partial charge in [0.25, 0.3) is 5.91 Å². The Morgan fingerprint density at radius 1 is 1.00 bits per heavy atom. The molecule has 2 fully saturated rings. The van der Waals surface area contributed by atoms with Gasteiger partial charge in [-0.3, -0.25) is 9.59 Å². The van der Waals surface area contributed by atoms with Gasteiger partial charge in [-0.25, -0.2) is 4.79 Å². The molecule has 10 nitrogen and oxygen atoms in total. The molecule has 0 spiro atoms. The van der Waals surface area contributed by atoms with Crippen LogP contribution in [0.15, 0.2) is 48.7 Å². The van der Waals surface area contributed by atoms with Crippen molar-refractivity contribution in [2.24, 2.45) is 5.73 Å². The lowest BCUT2D eigenvalue weighted by molar-refractivity contribution is 0.0621. The third-order valence-corrected chi connectivity index (χ3v) is 7.62. The molecule has 0 aliphatic carbocycles. The molecular weight excluding hydrogens is 498 g/mol. The second-order valence-electron chi connectivity index (χ2n) is 10.1. The third kappa shape index (κ3) is 5.23. The van der Waals surface area contributed by atoms with Crippen molar-refractivity contribution in [3.8, 4) is 5.75 Å². The van der Waals surface area contributed by atoms with E-state index in [9.17, 15) is 19.5 Å². The molecular formula is C29H35N5O5. The molecule has 0 bridgehead atoms. The predicted molar refractivity (Wildman–Crippen MR) is 148 cm³/mol. The largest absolute Gasteiger partial charge is 0.491 e. The van der Waals surface area contributed by atoms with Gasteiger partial charge in [-0.1, -0.05) is 19.1 Å². The lowest BCUT2D eigenvalue weighted by Crippen LogP contribution is -2.50. The number of aromatic nitrogens is 1. The summed E-state index contributed by atoms with van der Waals surface area (Å²) in [5, 5.41) is 10.3. The van der Waals surface area contributed by atoms with Crippen molar-refractivity contribution < 1.29 is 24.2 Å². The first-order chi connectivity index (χ1) is 18.9. The second kappa shape index (κ2) is 11.3. The van der Waals surface area contributed by atoms with Crippen molar-refractivity contribution in [3.63, 3.8) is 0 Å². The van der Waals surface area contributed by atoms with Crippen LogP contribution < -0.4 is 15.4 Å². The van der Waals surface area contributed by atoms with E-state index < -0.39 is 12.0 Å². The maximum Gasteiger partial charge on any atom is 0.407 e. The zero-order valence-electron chi connectivity index (χ0n) is 22.2. The van der Waals surface area contributed by atoms with Crippen molar-refractivity contribution >= 4 is 34.5 Å². The van der Waals surface area contributed by atoms with Gasteiger partial charge in [-0.2, -0.15) is 0 Å². The summed E-state index contributed by atoms with van der Waals surface area (Å²) in [6, 6.07) is 13.2. The van der Waals surface area contributed by atoms with E-state index in [1.54, 1.807) is 17.0 Å². The molecule has 1 unspecified atom stereocenters. The standard InChI is InChI=1S/C29H35N5O5/c1-2-18-39-26-22(28(36)31-14-16-32(17-15-31)29(37)38)6-5-7-23(26)33-12-4-3-8-25(33)34-13-11-20-9-10-21(27(30)35)19-24(20)34/h5-7,9-11,13,19,25H,2-4,8,12,14-18H2,1H3,(H2,30,35)(H,37,38). The van der Waals surface area contributed by atoms with Crippen molar-refractivity contribution in [1.82, 2.24) is 14.4 Å². The van der Waals surface area contributed by atoms with E-state index in [1.165, 1.54) is 4.90 Å². The number of primary amides is 1. The maximum atomic E-state index is 13.7. The Balaban J connectivity index is 1.52. The Hall–Kier alpha value is -4.21. The van der Waals surface area contributed by atoms with E-state index in [1.807, 2.05) is 43.5 Å². The lowest BCUT2D eigenvalue weighted by Gasteiger charge is -2.40. The summed E-state index contributed by atoms with van der Waals surface area (Å²) in [6.07, 6.45) is 4.79. The Labute approximate surface area is 227 Å². The molecule has 3 N–H and O–H groups in total. The molecule has 2 aliphatic rings. The highest BCUT2D eigenvalue weighted by Crippen LogP contribution is 2.41. The minimum atomic E-state index is -0.965. The maximum absolute atomic E-state index is 13.7. The van der Waals surface area contributed by atoms with Gasteiger partial charge in [0.2, 0.25) is 5.91 Å². The van der Waals surface area contributed by atoms with Gasteiger partial charge in [0, 0.05) is 44.5 Å². The smallest absolute Gasteiger partial charge is 0.407 e. The molecule has 3 amide bonds. The van der Waals surface area contributed by atoms with E-state index in [-0.39, 0.29) is 25.2 Å². The summed E-state index contributed by atoms with van der Waals surface area (Å²) in [5.74, 6) is -0.0546. The summed E-state index contributed by atoms with van der Waals surface area (Å²) in [6.45, 7) is 4.54. The normalized spacial score (nSPS) is 17.9. The van der Waals surface area contributed by atoms with Gasteiger partial charge >= 0.3 is 6.09 Å². The van der Waals surface area contributed by atoms with Crippen molar-refractivity contribution in [2.75, 3.05) is 44.2 Å². The van der Waals surface area contributed by atoms with Crippen LogP contribution in [0, 0.1) is 0 Å². The summed E-state index contributed by atoms with van der Waals surface area (Å²) < 4.78 is 8.47. The number of para-hydroxylation sites is 1. The number of nitrogens with zero attached hydrogens (tertiary/aromatic N) is 4. The SMILES string of the molecule is CCCOc1c(C(=O)N2CCN(C(=O)O)CC2)cccc1N1CCCCC1n1ccc2ccc(C(N)=O)cc21. The topological polar surface area (TPSA) is 121 Å². The number of ether oxygens (including phenoxy) is 1. The average Bonchev–Trinajstić information content (AvgIpc) is 3.38. The monoisotopic (exact) mass is 533 g/mol. The highest BCUT2D eigenvalue weighted by Gasteiger charge is 2.31. The Bertz CT molecular complexity index is 1380. The molecule has 2 aliphatic heterocycles. The Kier molecular flexibility index (Phi) is 7.63. The number of rotatable bonds is 7. The number of piperidine rings is 1. The first-order valence-corrected chi connectivity index (χ1v) is 13.6. The fraction of sp³-hybridized carbons (Fsp3) is 0.414. The van der Waals surface area contributed by atoms with Gasteiger partial charge in [-0.15, -0.1) is 0 Å². The average molecular weight is 534 g/mol. The van der Waals surface area contributed by atoms with Gasteiger partial charge in [0.05, 0.1) is 23.4 Å². The van der Waals surface area contributed by atoms with Crippen LogP contribution in [0.1, 0.15) is 59.5 Å². The summed E-state index contributed by atoms with van der Waals surface area (Å²) >= 11 is 0. The first kappa shape index (κ1) is 26.4. The van der Waals surface area contributed by atoms with Crippen LogP contribution in [-0.2, 0) is 0 Å². The molecule has 3 heterocycles. The van der Waals surface area contributed by atoms with Gasteiger partial charge in [-0.05, 0) is 61.4 Å². The summed E-state index contributed by atoms with van der Waals surface area (Å²) in [4.78, 5) is 42.2. The van der Waals surface area contributed by atoms with Crippen LogP contribution in [0.25, 0.3) is 10.9 Å². The molecule has 39 heavy (non-hydrogen) atoms. The first-order valence-electron chi connectivity index (χ1n) is 13.6. The van der Waals surface area contributed by atoms with E-state index >= 15 is 0 Å². The molecule has 2 saturated heterocycles. The van der Waals surface area contributed by atoms with Crippen molar-refractivity contribution in [2.45, 2.75) is 38.8 Å². The molecule has 1 aromatic heterocycles. The Morgan fingerprint density at radius 3 is 2.49 bits per heavy atom. The minimum absolute atomic E-state index is 0.0344. The molecule has 3 aromatic rings. The highest BCUT2D eigenvalue weighted by molar-refractivity contribution is 5.99. The number of amides is 3. The fourth-order valence-electron chi connectivity index (χ4n) is 5.59. The van der Waals surface area contributed by atoms with E-state index in [4.69, 9.17) is 10.5 Å². The van der Waals surface area contributed by atoms with Crippen LogP contribution >= 0.6 is 0 Å². The van der Waals surface area contributed by atoms with Crippen molar-refractivity contribution in [1.29, 1.82) is 0 Å². The quantitative estimate of drug-likeness (QED) is 0.471. The number of fused-ring (bicyclic) bond motifs is 1. The van der Waals surface area contributed by atoms with Crippen LogP contribution in [0.4, 0.5) is 10.5 Å². The third-order valence-electron chi connectivity index (χ3n) is 7.62. The van der Waals surface area contributed by atoms with Gasteiger partial charge < -0.3 is 34.8 Å². The van der Waals surface area contributed by atoms with Crippen LogP contribution in [0.3, 0.4) is 0 Å². The number of carboxylic acid groups (broad SMARTS) is 1. The van der Waals surface area contributed by atoms with E-state index in [0.717, 1.165) is 48.8 Å². The zero-order chi connectivity index (χ0) is 27.5. The number of anilines is 1. The summed E-state index contributed by atoms with van der Waals surface area (Å²) in [5.41, 5.74) is 8.32. The van der Waals surface area contributed by atoms with Crippen LogP contribution in [-0.4, -0.2) is 76.7 Å². The number of hydrogen-bond donors (Lipinski definition) is 2. The summed E-state index contributed by atoms with van der Waals surface area (Å²) in [7, 11) is 0. The second-order valence-corrected chi connectivity index (χ2v) is 10.1. The van der Waals surface area contributed by atoms with E-state index in [0.29, 0.717) is 36.6 Å². The highest BCUT2D eigenvalue weighted by atomic mass is 16.5. The molecule has 0 saturated carbocycles. The van der Waals surface area contributed by atoms with Gasteiger partial charge in [0.15, 0.2) is 5.75 Å². The minimum Gasteiger partial charge on any atom is -0.491 e. The number of nitrogens with two attached hydrogens (primary N) is 1. The zero-order valence-corrected chi connectivity index (χ0v) is 22.2. The van der Waals surface area contributed by atoms with Gasteiger partial charge in [0.1, 0.15) is 6.17 Å². The van der Waals surface area contributed by atoms with Crippen LogP contribution in [0.5, 0.6) is 5.75 Å². The molecule has 5 rings (SSSR count). The molecule has 10 heteroatoms. The van der Waals surface area contributed by atoms with Crippen molar-refractivity contribution in [3.05, 3.63) is 59.8 Å². The Morgan fingerprint density at radius 2 is 1.77 bits per heavy atom. The number of hydrogen-bond acceptors (Lipinski definition) is 5. The van der Waals surface area contributed by atoms with E-state index in [2.05, 4.69) is 9.47 Å². The fourth-order valence-corrected chi connectivity index (χ4v) is 5.59. The molecule has 206 valence electrons. The molecule has 2 aromatic carbocycles. The van der Waals surface area contributed by atoms with Crippen LogP contribution in [0.2, 0.25) is 0 Å². The lowest BCUT2D eigenvalue weighted by atomic mass is 10.0. The number of piperazine rings is 1.